The highest BCUT2D eigenvalue weighted by Gasteiger charge is 2.14. The van der Waals surface area contributed by atoms with E-state index in [0.29, 0.717) is 17.5 Å². The molecule has 1 rings (SSSR count). The first-order valence-corrected chi connectivity index (χ1v) is 4.34. The standard InChI is InChI=1S/C11H10FNO/c1-3-8-10(6-13)9(7(2)14)4-5-11(8)12/h4-5H,3H2,1-2H3. The van der Waals surface area contributed by atoms with Crippen molar-refractivity contribution in [3.8, 4) is 6.07 Å². The van der Waals surface area contributed by atoms with Crippen molar-refractivity contribution >= 4 is 5.78 Å². The first kappa shape index (κ1) is 10.4. The van der Waals surface area contributed by atoms with Crippen LogP contribution in [-0.4, -0.2) is 5.78 Å². The van der Waals surface area contributed by atoms with Gasteiger partial charge < -0.3 is 0 Å². The molecule has 0 spiro atoms. The summed E-state index contributed by atoms with van der Waals surface area (Å²) in [4.78, 5) is 11.1. The summed E-state index contributed by atoms with van der Waals surface area (Å²) in [6.07, 6.45) is 0.413. The summed E-state index contributed by atoms with van der Waals surface area (Å²) >= 11 is 0. The highest BCUT2D eigenvalue weighted by molar-refractivity contribution is 5.96. The van der Waals surface area contributed by atoms with Crippen LogP contribution in [0.2, 0.25) is 0 Å². The molecular formula is C11H10FNO. The molecule has 3 heteroatoms. The van der Waals surface area contributed by atoms with E-state index in [0.717, 1.165) is 0 Å². The molecule has 2 nitrogen and oxygen atoms in total. The van der Waals surface area contributed by atoms with Crippen molar-refractivity contribution < 1.29 is 9.18 Å². The van der Waals surface area contributed by atoms with Crippen LogP contribution in [0.3, 0.4) is 0 Å². The van der Waals surface area contributed by atoms with Gasteiger partial charge in [-0.3, -0.25) is 4.79 Å². The molecule has 0 heterocycles. The van der Waals surface area contributed by atoms with Crippen LogP contribution in [0.5, 0.6) is 0 Å². The van der Waals surface area contributed by atoms with Crippen molar-refractivity contribution in [2.45, 2.75) is 20.3 Å². The summed E-state index contributed by atoms with van der Waals surface area (Å²) in [7, 11) is 0. The zero-order valence-corrected chi connectivity index (χ0v) is 8.10. The monoisotopic (exact) mass is 191 g/mol. The minimum Gasteiger partial charge on any atom is -0.294 e. The Morgan fingerprint density at radius 1 is 1.57 bits per heavy atom. The third-order valence-electron chi connectivity index (χ3n) is 2.10. The van der Waals surface area contributed by atoms with Gasteiger partial charge in [0.2, 0.25) is 0 Å². The molecule has 1 aromatic carbocycles. The highest BCUT2D eigenvalue weighted by atomic mass is 19.1. The summed E-state index contributed by atoms with van der Waals surface area (Å²) in [5.74, 6) is -0.634. The van der Waals surface area contributed by atoms with Crippen molar-refractivity contribution in [1.29, 1.82) is 5.26 Å². The minimum absolute atomic E-state index is 0.167. The molecule has 0 atom stereocenters. The van der Waals surface area contributed by atoms with Crippen molar-refractivity contribution in [2.75, 3.05) is 0 Å². The molecule has 0 saturated heterocycles. The van der Waals surface area contributed by atoms with Crippen LogP contribution in [0.25, 0.3) is 0 Å². The lowest BCUT2D eigenvalue weighted by atomic mass is 9.97. The number of hydrogen-bond donors (Lipinski definition) is 0. The van der Waals surface area contributed by atoms with Crippen molar-refractivity contribution in [3.05, 3.63) is 34.6 Å². The zero-order valence-electron chi connectivity index (χ0n) is 8.10. The average molecular weight is 191 g/mol. The van der Waals surface area contributed by atoms with Gasteiger partial charge in [0.1, 0.15) is 11.9 Å². The van der Waals surface area contributed by atoms with Crippen molar-refractivity contribution in [2.24, 2.45) is 0 Å². The number of halogens is 1. The summed E-state index contributed by atoms with van der Waals surface area (Å²) in [5, 5.41) is 8.83. The van der Waals surface area contributed by atoms with Gasteiger partial charge in [-0.25, -0.2) is 4.39 Å². The SMILES string of the molecule is CCc1c(F)ccc(C(C)=O)c1C#N. The lowest BCUT2D eigenvalue weighted by Crippen LogP contribution is -2.03. The molecule has 0 N–H and O–H groups in total. The minimum atomic E-state index is -0.422. The zero-order chi connectivity index (χ0) is 10.7. The number of carbonyl (C=O) groups excluding carboxylic acids is 1. The van der Waals surface area contributed by atoms with Crippen LogP contribution in [0.15, 0.2) is 12.1 Å². The van der Waals surface area contributed by atoms with E-state index in [4.69, 9.17) is 5.26 Å². The number of nitriles is 1. The lowest BCUT2D eigenvalue weighted by Gasteiger charge is -2.06. The van der Waals surface area contributed by atoms with Crippen LogP contribution in [0.1, 0.15) is 35.3 Å². The third-order valence-corrected chi connectivity index (χ3v) is 2.10. The second-order valence-corrected chi connectivity index (χ2v) is 2.97. The van der Waals surface area contributed by atoms with E-state index in [-0.39, 0.29) is 11.3 Å². The summed E-state index contributed by atoms with van der Waals surface area (Å²) in [6.45, 7) is 3.12. The Kier molecular flexibility index (Phi) is 2.98. The van der Waals surface area contributed by atoms with Gasteiger partial charge in [-0.15, -0.1) is 0 Å². The van der Waals surface area contributed by atoms with E-state index in [1.165, 1.54) is 19.1 Å². The summed E-state index contributed by atoms with van der Waals surface area (Å²) in [6, 6.07) is 4.47. The molecule has 0 aliphatic heterocycles. The highest BCUT2D eigenvalue weighted by Crippen LogP contribution is 2.18. The van der Waals surface area contributed by atoms with E-state index in [2.05, 4.69) is 0 Å². The van der Waals surface area contributed by atoms with Crippen LogP contribution in [0, 0.1) is 17.1 Å². The van der Waals surface area contributed by atoms with Gasteiger partial charge in [0.05, 0.1) is 5.56 Å². The number of benzene rings is 1. The Hall–Kier alpha value is -1.69. The average Bonchev–Trinajstić information content (AvgIpc) is 2.16. The molecule has 72 valence electrons. The first-order valence-electron chi connectivity index (χ1n) is 4.34. The molecule has 1 aromatic rings. The second kappa shape index (κ2) is 4.01. The molecule has 14 heavy (non-hydrogen) atoms. The van der Waals surface area contributed by atoms with Gasteiger partial charge >= 0.3 is 0 Å². The molecule has 0 amide bonds. The van der Waals surface area contributed by atoms with Gasteiger partial charge in [0, 0.05) is 11.1 Å². The molecule has 0 aromatic heterocycles. The Balaban J connectivity index is 3.50. The number of carbonyl (C=O) groups is 1. The normalized spacial score (nSPS) is 9.57. The van der Waals surface area contributed by atoms with Crippen molar-refractivity contribution in [1.82, 2.24) is 0 Å². The predicted octanol–water partition coefficient (Wildman–Crippen LogP) is 2.46. The van der Waals surface area contributed by atoms with Crippen LogP contribution in [0.4, 0.5) is 4.39 Å². The number of Topliss-reactive ketones (excluding diaryl/α,β-unsaturated/α-hetero) is 1. The van der Waals surface area contributed by atoms with Gasteiger partial charge in [-0.05, 0) is 25.5 Å². The fourth-order valence-corrected chi connectivity index (χ4v) is 1.39. The van der Waals surface area contributed by atoms with Gasteiger partial charge in [0.25, 0.3) is 0 Å². The molecular weight excluding hydrogens is 181 g/mol. The maximum absolute atomic E-state index is 13.2. The number of nitrogens with zero attached hydrogens (tertiary/aromatic N) is 1. The van der Waals surface area contributed by atoms with E-state index in [1.807, 2.05) is 6.07 Å². The quantitative estimate of drug-likeness (QED) is 0.674. The van der Waals surface area contributed by atoms with Gasteiger partial charge in [0.15, 0.2) is 5.78 Å². The largest absolute Gasteiger partial charge is 0.294 e. The Morgan fingerprint density at radius 2 is 2.21 bits per heavy atom. The van der Waals surface area contributed by atoms with E-state index < -0.39 is 5.82 Å². The smallest absolute Gasteiger partial charge is 0.161 e. The first-order chi connectivity index (χ1) is 6.61. The summed E-state index contributed by atoms with van der Waals surface area (Å²) in [5.41, 5.74) is 0.783. The fourth-order valence-electron chi connectivity index (χ4n) is 1.39. The van der Waals surface area contributed by atoms with Gasteiger partial charge in [-0.1, -0.05) is 6.92 Å². The van der Waals surface area contributed by atoms with Crippen LogP contribution < -0.4 is 0 Å². The number of ketones is 1. The van der Waals surface area contributed by atoms with Crippen molar-refractivity contribution in [3.63, 3.8) is 0 Å². The van der Waals surface area contributed by atoms with E-state index in [9.17, 15) is 9.18 Å². The number of rotatable bonds is 2. The topological polar surface area (TPSA) is 40.9 Å². The summed E-state index contributed by atoms with van der Waals surface area (Å²) < 4.78 is 13.2. The second-order valence-electron chi connectivity index (χ2n) is 2.97. The molecule has 0 fully saturated rings. The van der Waals surface area contributed by atoms with Gasteiger partial charge in [-0.2, -0.15) is 5.26 Å². The van der Waals surface area contributed by atoms with Crippen LogP contribution >= 0.6 is 0 Å². The lowest BCUT2D eigenvalue weighted by molar-refractivity contribution is 0.101. The number of hydrogen-bond acceptors (Lipinski definition) is 2. The predicted molar refractivity (Wildman–Crippen MR) is 50.5 cm³/mol. The Labute approximate surface area is 82.0 Å². The van der Waals surface area contributed by atoms with Crippen LogP contribution in [-0.2, 0) is 6.42 Å². The molecule has 0 radical (unpaired) electrons. The van der Waals surface area contributed by atoms with E-state index >= 15 is 0 Å². The Bertz CT molecular complexity index is 418. The molecule has 0 aliphatic rings. The molecule has 0 unspecified atom stereocenters. The fraction of sp³-hybridized carbons (Fsp3) is 0.273. The Morgan fingerprint density at radius 3 is 2.64 bits per heavy atom. The molecule has 0 bridgehead atoms. The maximum Gasteiger partial charge on any atom is 0.161 e. The third kappa shape index (κ3) is 1.64. The van der Waals surface area contributed by atoms with E-state index in [1.54, 1.807) is 6.92 Å². The molecule has 0 aliphatic carbocycles. The molecule has 0 saturated carbocycles. The maximum atomic E-state index is 13.2.